The number of nitro groups is 1. The molecule has 0 aliphatic carbocycles. The number of nitrogens with zero attached hydrogens (tertiary/aromatic N) is 2. The highest BCUT2D eigenvalue weighted by molar-refractivity contribution is 7.89. The summed E-state index contributed by atoms with van der Waals surface area (Å²) in [4.78, 5) is 50.4. The smallest absolute Gasteiger partial charge is 0.424 e. The molecule has 0 aromatic heterocycles. The van der Waals surface area contributed by atoms with E-state index in [1.165, 1.54) is 12.1 Å². The van der Waals surface area contributed by atoms with Crippen molar-refractivity contribution in [1.29, 1.82) is 0 Å². The van der Waals surface area contributed by atoms with Gasteiger partial charge in [0.15, 0.2) is 4.90 Å². The monoisotopic (exact) mass is 781 g/mol. The molecule has 0 aliphatic heterocycles. The maximum atomic E-state index is 13.9. The summed E-state index contributed by atoms with van der Waals surface area (Å²) >= 11 is 0. The molecule has 3 aromatic rings. The third kappa shape index (κ3) is 14.0. The molecular formula is C40H51N3O11S. The van der Waals surface area contributed by atoms with Gasteiger partial charge in [0.05, 0.1) is 24.0 Å². The highest BCUT2D eigenvalue weighted by Crippen LogP contribution is 2.28. The van der Waals surface area contributed by atoms with Crippen LogP contribution in [0.15, 0.2) is 95.4 Å². The summed E-state index contributed by atoms with van der Waals surface area (Å²) in [6.07, 6.45) is -0.0313. The molecule has 0 aliphatic rings. The number of nitrogens with one attached hydrogen (secondary N) is 1. The van der Waals surface area contributed by atoms with Gasteiger partial charge in [-0.25, -0.2) is 22.3 Å². The predicted molar refractivity (Wildman–Crippen MR) is 206 cm³/mol. The fourth-order valence-electron chi connectivity index (χ4n) is 5.35. The predicted octanol–water partition coefficient (Wildman–Crippen LogP) is 7.75. The van der Waals surface area contributed by atoms with Gasteiger partial charge in [-0.1, -0.05) is 66.2 Å². The number of carbonyl (C=O) groups is 3. The number of sulfonamides is 1. The number of amides is 2. The summed E-state index contributed by atoms with van der Waals surface area (Å²) in [6.45, 7) is 11.3. The van der Waals surface area contributed by atoms with Gasteiger partial charge >= 0.3 is 18.2 Å². The molecule has 15 heteroatoms. The van der Waals surface area contributed by atoms with E-state index in [0.29, 0.717) is 27.6 Å². The van der Waals surface area contributed by atoms with Crippen LogP contribution >= 0.6 is 0 Å². The Balaban J connectivity index is 1.98. The Bertz CT molecular complexity index is 1920. The third-order valence-corrected chi connectivity index (χ3v) is 9.74. The topological polar surface area (TPSA) is 181 Å². The SMILES string of the molecule is COc1ccc(C[C@@H](NC(=O)OC(C)(C)C)/C(C)=C/[C@@H](CCCN(C(=O)OCc2ccccc2)S(=O)(=O)c2ccccc2[N+](=O)[O-])C(=O)OC(C)(C)C)cc1. The summed E-state index contributed by atoms with van der Waals surface area (Å²) in [5.41, 5.74) is -0.336. The number of para-hydroxylation sites is 1. The van der Waals surface area contributed by atoms with Crippen LogP contribution in [0.25, 0.3) is 0 Å². The lowest BCUT2D eigenvalue weighted by Gasteiger charge is -2.27. The second-order valence-corrected chi connectivity index (χ2v) is 16.6. The molecule has 298 valence electrons. The van der Waals surface area contributed by atoms with Gasteiger partial charge in [0, 0.05) is 12.6 Å². The van der Waals surface area contributed by atoms with Crippen LogP contribution < -0.4 is 10.1 Å². The summed E-state index contributed by atoms with van der Waals surface area (Å²) in [5, 5.41) is 14.7. The van der Waals surface area contributed by atoms with Gasteiger partial charge < -0.3 is 24.3 Å². The quantitative estimate of drug-likeness (QED) is 0.0493. The Morgan fingerprint density at radius 2 is 1.47 bits per heavy atom. The number of esters is 1. The van der Waals surface area contributed by atoms with Gasteiger partial charge in [0.25, 0.3) is 15.7 Å². The molecule has 0 heterocycles. The molecule has 1 N–H and O–H groups in total. The molecule has 14 nitrogen and oxygen atoms in total. The Kier molecular flexibility index (Phi) is 15.4. The minimum absolute atomic E-state index is 0.0111. The average Bonchev–Trinajstić information content (AvgIpc) is 3.10. The molecule has 0 saturated carbocycles. The van der Waals surface area contributed by atoms with Crippen molar-refractivity contribution in [3.63, 3.8) is 0 Å². The van der Waals surface area contributed by atoms with E-state index < -0.39 is 73.4 Å². The molecule has 3 aromatic carbocycles. The van der Waals surface area contributed by atoms with E-state index in [9.17, 15) is 32.9 Å². The summed E-state index contributed by atoms with van der Waals surface area (Å²) in [7, 11) is -3.26. The third-order valence-electron chi connectivity index (χ3n) is 7.93. The number of carbonyl (C=O) groups excluding carboxylic acids is 3. The lowest BCUT2D eigenvalue weighted by atomic mass is 9.94. The van der Waals surface area contributed by atoms with Crippen molar-refractivity contribution in [1.82, 2.24) is 9.62 Å². The molecule has 0 saturated heterocycles. The second-order valence-electron chi connectivity index (χ2n) is 14.8. The zero-order valence-corrected chi connectivity index (χ0v) is 33.4. The molecule has 0 fully saturated rings. The van der Waals surface area contributed by atoms with E-state index in [-0.39, 0.29) is 19.4 Å². The zero-order valence-electron chi connectivity index (χ0n) is 32.6. The summed E-state index contributed by atoms with van der Waals surface area (Å²) in [6, 6.07) is 19.9. The van der Waals surface area contributed by atoms with Gasteiger partial charge in [-0.3, -0.25) is 14.9 Å². The van der Waals surface area contributed by atoms with Crippen molar-refractivity contribution in [3.8, 4) is 5.75 Å². The first-order chi connectivity index (χ1) is 25.7. The van der Waals surface area contributed by atoms with Gasteiger partial charge in [0.2, 0.25) is 0 Å². The van der Waals surface area contributed by atoms with Gasteiger partial charge in [-0.15, -0.1) is 0 Å². The Morgan fingerprint density at radius 3 is 2.05 bits per heavy atom. The van der Waals surface area contributed by atoms with Gasteiger partial charge in [0.1, 0.15) is 23.6 Å². The van der Waals surface area contributed by atoms with E-state index in [1.54, 1.807) is 104 Å². The molecule has 0 radical (unpaired) electrons. The highest BCUT2D eigenvalue weighted by Gasteiger charge is 2.36. The van der Waals surface area contributed by atoms with Crippen LogP contribution in [0, 0.1) is 16.0 Å². The number of hydrogen-bond donors (Lipinski definition) is 1. The van der Waals surface area contributed by atoms with Crippen molar-refractivity contribution >= 4 is 33.9 Å². The Morgan fingerprint density at radius 1 is 0.873 bits per heavy atom. The summed E-state index contributed by atoms with van der Waals surface area (Å²) < 4.78 is 50.3. The maximum absolute atomic E-state index is 13.9. The van der Waals surface area contributed by atoms with Crippen LogP contribution in [0.2, 0.25) is 0 Å². The van der Waals surface area contributed by atoms with Crippen molar-refractivity contribution in [2.45, 2.75) is 96.5 Å². The average molecular weight is 782 g/mol. The highest BCUT2D eigenvalue weighted by atomic mass is 32.2. The minimum Gasteiger partial charge on any atom is -0.497 e. The molecule has 2 amide bonds. The minimum atomic E-state index is -4.82. The zero-order chi connectivity index (χ0) is 41.0. The van der Waals surface area contributed by atoms with Crippen molar-refractivity contribution in [2.75, 3.05) is 13.7 Å². The van der Waals surface area contributed by atoms with Crippen LogP contribution in [0.5, 0.6) is 5.75 Å². The number of alkyl carbamates (subject to hydrolysis) is 1. The Hall–Kier alpha value is -5.44. The van der Waals surface area contributed by atoms with E-state index >= 15 is 0 Å². The molecule has 55 heavy (non-hydrogen) atoms. The van der Waals surface area contributed by atoms with E-state index in [2.05, 4.69) is 5.32 Å². The normalized spacial score (nSPS) is 13.2. The first-order valence-corrected chi connectivity index (χ1v) is 19.1. The Labute approximate surface area is 323 Å². The number of rotatable bonds is 16. The molecule has 3 rings (SSSR count). The van der Waals surface area contributed by atoms with Crippen LogP contribution in [-0.2, 0) is 42.1 Å². The van der Waals surface area contributed by atoms with Crippen LogP contribution in [-0.4, -0.2) is 66.7 Å². The van der Waals surface area contributed by atoms with Crippen LogP contribution in [0.4, 0.5) is 15.3 Å². The number of hydrogen-bond acceptors (Lipinski definition) is 11. The molecular weight excluding hydrogens is 731 g/mol. The first-order valence-electron chi connectivity index (χ1n) is 17.7. The van der Waals surface area contributed by atoms with Crippen molar-refractivity contribution in [2.24, 2.45) is 5.92 Å². The summed E-state index contributed by atoms with van der Waals surface area (Å²) in [5.74, 6) is -0.930. The van der Waals surface area contributed by atoms with E-state index in [1.807, 2.05) is 12.1 Å². The lowest BCUT2D eigenvalue weighted by molar-refractivity contribution is -0.387. The molecule has 0 unspecified atom stereocenters. The standard InChI is InChI=1S/C40H51N3O11S/c1-28(33(41-37(45)54-40(5,6)7)26-29-20-22-32(51-8)23-21-29)25-31(36(44)53-39(2,3)4)17-14-24-42(38(46)52-27-30-15-10-9-11-16-30)55(49,50)35-19-13-12-18-34(35)43(47)48/h9-13,15-16,18-23,25,31,33H,14,17,24,26-27H2,1-8H3,(H,41,45)/b28-25+/t31-,33-/m1/s1. The molecule has 0 bridgehead atoms. The van der Waals surface area contributed by atoms with Gasteiger partial charge in [-0.2, -0.15) is 0 Å². The van der Waals surface area contributed by atoms with Crippen molar-refractivity contribution in [3.05, 3.63) is 112 Å². The number of nitro benzene ring substituents is 1. The van der Waals surface area contributed by atoms with E-state index in [4.69, 9.17) is 18.9 Å². The van der Waals surface area contributed by atoms with Crippen LogP contribution in [0.3, 0.4) is 0 Å². The number of methoxy groups -OCH3 is 1. The number of benzene rings is 3. The first kappa shape index (κ1) is 44.0. The molecule has 2 atom stereocenters. The largest absolute Gasteiger partial charge is 0.497 e. The molecule has 0 spiro atoms. The van der Waals surface area contributed by atoms with Crippen LogP contribution in [0.1, 0.15) is 72.4 Å². The maximum Gasteiger partial charge on any atom is 0.424 e. The van der Waals surface area contributed by atoms with Crippen molar-refractivity contribution < 1.29 is 46.7 Å². The van der Waals surface area contributed by atoms with E-state index in [0.717, 1.165) is 17.7 Å². The number of ether oxygens (including phenoxy) is 4. The lowest BCUT2D eigenvalue weighted by Crippen LogP contribution is -2.41. The van der Waals surface area contributed by atoms with Gasteiger partial charge in [-0.05, 0) is 97.1 Å². The fraction of sp³-hybridized carbons (Fsp3) is 0.425. The second kappa shape index (κ2) is 19.2. The fourth-order valence-corrected chi connectivity index (χ4v) is 6.87.